The van der Waals surface area contributed by atoms with Crippen molar-refractivity contribution in [3.8, 4) is 0 Å². The Morgan fingerprint density at radius 1 is 0.640 bits per heavy atom. The second-order valence-electron chi connectivity index (χ2n) is 13.8. The van der Waals surface area contributed by atoms with Gasteiger partial charge in [0.2, 0.25) is 0 Å². The van der Waals surface area contributed by atoms with Crippen LogP contribution in [0.3, 0.4) is 0 Å². The summed E-state index contributed by atoms with van der Waals surface area (Å²) in [5.74, 6) is 0. The van der Waals surface area contributed by atoms with E-state index >= 15 is 0 Å². The number of nitrogens with two attached hydrogens (primary N) is 1. The van der Waals surface area contributed by atoms with Crippen molar-refractivity contribution in [2.24, 2.45) is 5.73 Å². The van der Waals surface area contributed by atoms with E-state index in [2.05, 4.69) is 180 Å². The highest BCUT2D eigenvalue weighted by atomic mass is 15.2. The summed E-state index contributed by atoms with van der Waals surface area (Å²) in [7, 11) is 0. The molecule has 240 valence electrons. The Morgan fingerprint density at radius 3 is 2.06 bits per heavy atom. The molecule has 3 N–H and O–H groups in total. The van der Waals surface area contributed by atoms with Crippen molar-refractivity contribution in [2.45, 2.75) is 23.8 Å². The summed E-state index contributed by atoms with van der Waals surface area (Å²) in [6.07, 6.45) is 18.2. The van der Waals surface area contributed by atoms with Crippen molar-refractivity contribution in [3.05, 3.63) is 220 Å². The molecule has 0 bridgehead atoms. The Bertz CT molecular complexity index is 2340. The van der Waals surface area contributed by atoms with Crippen LogP contribution in [-0.4, -0.2) is 6.54 Å². The van der Waals surface area contributed by atoms with E-state index in [0.717, 1.165) is 41.8 Å². The predicted molar refractivity (Wildman–Crippen MR) is 206 cm³/mol. The molecule has 5 aromatic carbocycles. The normalized spacial score (nSPS) is 20.7. The Balaban J connectivity index is 1.24. The van der Waals surface area contributed by atoms with Gasteiger partial charge in [0.15, 0.2) is 0 Å². The zero-order valence-electron chi connectivity index (χ0n) is 27.8. The molecule has 0 saturated carbocycles. The number of allylic oxidation sites excluding steroid dienone is 7. The molecule has 0 unspecified atom stereocenters. The van der Waals surface area contributed by atoms with Gasteiger partial charge >= 0.3 is 0 Å². The molecule has 0 saturated heterocycles. The summed E-state index contributed by atoms with van der Waals surface area (Å²) in [6, 6.07) is 46.3. The highest BCUT2D eigenvalue weighted by Gasteiger charge is 2.53. The zero-order valence-corrected chi connectivity index (χ0v) is 27.8. The summed E-state index contributed by atoms with van der Waals surface area (Å²) in [5.41, 5.74) is 23.3. The van der Waals surface area contributed by atoms with E-state index in [-0.39, 0.29) is 0 Å². The summed E-state index contributed by atoms with van der Waals surface area (Å²) >= 11 is 0. The molecule has 0 fully saturated rings. The second kappa shape index (κ2) is 11.1. The van der Waals surface area contributed by atoms with Crippen molar-refractivity contribution in [2.75, 3.05) is 11.4 Å². The molecule has 10 rings (SSSR count). The van der Waals surface area contributed by atoms with Gasteiger partial charge in [-0.05, 0) is 99.4 Å². The van der Waals surface area contributed by atoms with Crippen molar-refractivity contribution in [1.29, 1.82) is 0 Å². The number of hydrogen-bond acceptors (Lipinski definition) is 3. The number of fused-ring (bicyclic) bond motifs is 8. The number of anilines is 3. The van der Waals surface area contributed by atoms with E-state index in [1.807, 2.05) is 0 Å². The maximum absolute atomic E-state index is 7.76. The van der Waals surface area contributed by atoms with Gasteiger partial charge in [-0.1, -0.05) is 134 Å². The molecule has 3 nitrogen and oxygen atoms in total. The molecule has 50 heavy (non-hydrogen) atoms. The van der Waals surface area contributed by atoms with Crippen molar-refractivity contribution in [3.63, 3.8) is 0 Å². The van der Waals surface area contributed by atoms with Crippen LogP contribution in [0.4, 0.5) is 17.1 Å². The molecular formula is C47H37N3. The smallest absolute Gasteiger partial charge is 0.0867 e. The van der Waals surface area contributed by atoms with E-state index in [4.69, 9.17) is 5.73 Å². The first kappa shape index (κ1) is 29.1. The standard InChI is InChI=1S/C47H37N3/c48-46(31-34(32-15-4-1-5-16-32)29-41(46)33-17-6-2-7-18-33)35-26-27-37-42(30-35)47(40-23-14-28-49-45(37)40)38-21-10-12-24-43(38)50(36-19-8-3-9-20-36)44-25-13-11-22-39(44)47/h1,3-6,8-27,29-31,49H,2,7,28,48H2/t46-/m1/s1. The van der Waals surface area contributed by atoms with Gasteiger partial charge < -0.3 is 16.0 Å². The topological polar surface area (TPSA) is 41.3 Å². The van der Waals surface area contributed by atoms with Gasteiger partial charge in [-0.15, -0.1) is 0 Å². The van der Waals surface area contributed by atoms with E-state index < -0.39 is 11.0 Å². The van der Waals surface area contributed by atoms with Crippen LogP contribution in [0, 0.1) is 0 Å². The molecule has 0 radical (unpaired) electrons. The first-order valence-electron chi connectivity index (χ1n) is 17.7. The molecule has 5 aliphatic rings. The lowest BCUT2D eigenvalue weighted by Crippen LogP contribution is -2.39. The van der Waals surface area contributed by atoms with Crippen LogP contribution in [0.2, 0.25) is 0 Å². The fourth-order valence-electron chi connectivity index (χ4n) is 9.04. The van der Waals surface area contributed by atoms with Crippen LogP contribution in [-0.2, 0) is 11.0 Å². The third kappa shape index (κ3) is 4.01. The maximum atomic E-state index is 7.76. The Hall–Kier alpha value is -5.90. The number of benzene rings is 5. The fraction of sp³-hybridized carbons (Fsp3) is 0.106. The van der Waals surface area contributed by atoms with Gasteiger partial charge in [-0.25, -0.2) is 0 Å². The monoisotopic (exact) mass is 643 g/mol. The SMILES string of the molecule is N[C@@]1(c2ccc3c(c2)C2(C4=C3NCC=C4)c3ccccc3N(c3ccccc3)c3ccccc32)C=C(c2ccccc2)C=C1C1=CCCC=C1. The molecule has 3 heteroatoms. The van der Waals surface area contributed by atoms with Crippen molar-refractivity contribution >= 4 is 28.3 Å². The summed E-state index contributed by atoms with van der Waals surface area (Å²) in [5, 5.41) is 3.81. The van der Waals surface area contributed by atoms with Gasteiger partial charge in [0.1, 0.15) is 0 Å². The highest BCUT2D eigenvalue weighted by Crippen LogP contribution is 2.63. The Kier molecular flexibility index (Phi) is 6.43. The van der Waals surface area contributed by atoms with E-state index in [1.54, 1.807) is 0 Å². The molecule has 0 amide bonds. The van der Waals surface area contributed by atoms with Crippen LogP contribution in [0.15, 0.2) is 187 Å². The zero-order chi connectivity index (χ0) is 33.3. The summed E-state index contributed by atoms with van der Waals surface area (Å²) in [6.45, 7) is 0.799. The van der Waals surface area contributed by atoms with Crippen LogP contribution >= 0.6 is 0 Å². The summed E-state index contributed by atoms with van der Waals surface area (Å²) in [4.78, 5) is 2.43. The van der Waals surface area contributed by atoms with E-state index in [9.17, 15) is 0 Å². The lowest BCUT2D eigenvalue weighted by Gasteiger charge is -2.45. The van der Waals surface area contributed by atoms with Crippen LogP contribution in [0.5, 0.6) is 0 Å². The van der Waals surface area contributed by atoms with Gasteiger partial charge in [0.05, 0.1) is 22.3 Å². The fourth-order valence-corrected chi connectivity index (χ4v) is 9.04. The van der Waals surface area contributed by atoms with Gasteiger partial charge in [0.25, 0.3) is 0 Å². The van der Waals surface area contributed by atoms with Crippen LogP contribution < -0.4 is 16.0 Å². The molecule has 2 aliphatic heterocycles. The average Bonchev–Trinajstić information content (AvgIpc) is 3.70. The first-order chi connectivity index (χ1) is 24.7. The highest BCUT2D eigenvalue weighted by molar-refractivity contribution is 5.96. The number of nitrogens with zero attached hydrogens (tertiary/aromatic N) is 1. The van der Waals surface area contributed by atoms with Crippen molar-refractivity contribution < 1.29 is 0 Å². The van der Waals surface area contributed by atoms with Gasteiger partial charge in [0, 0.05) is 23.5 Å². The predicted octanol–water partition coefficient (Wildman–Crippen LogP) is 10.1. The molecule has 1 spiro atoms. The van der Waals surface area contributed by atoms with Crippen molar-refractivity contribution in [1.82, 2.24) is 5.32 Å². The van der Waals surface area contributed by atoms with Gasteiger partial charge in [-0.2, -0.15) is 0 Å². The minimum absolute atomic E-state index is 0.544. The number of rotatable bonds is 4. The third-order valence-corrected chi connectivity index (χ3v) is 11.2. The summed E-state index contributed by atoms with van der Waals surface area (Å²) < 4.78 is 0. The lowest BCUT2D eigenvalue weighted by atomic mass is 9.63. The van der Waals surface area contributed by atoms with Crippen LogP contribution in [0.25, 0.3) is 11.3 Å². The Labute approximate surface area is 293 Å². The number of hydrogen-bond donors (Lipinski definition) is 2. The van der Waals surface area contributed by atoms with E-state index in [1.165, 1.54) is 56.0 Å². The number of dihydropyridines is 1. The molecule has 1 atom stereocenters. The molecule has 2 heterocycles. The largest absolute Gasteiger partial charge is 0.381 e. The molecule has 5 aromatic rings. The second-order valence-corrected chi connectivity index (χ2v) is 13.8. The number of para-hydroxylation sites is 3. The molecule has 3 aliphatic carbocycles. The molecule has 0 aromatic heterocycles. The van der Waals surface area contributed by atoms with Crippen LogP contribution in [0.1, 0.15) is 46.2 Å². The maximum Gasteiger partial charge on any atom is 0.0867 e. The quantitative estimate of drug-likeness (QED) is 0.205. The minimum atomic E-state index is -0.814. The first-order valence-corrected chi connectivity index (χ1v) is 17.7. The minimum Gasteiger partial charge on any atom is -0.381 e. The Morgan fingerprint density at radius 2 is 1.34 bits per heavy atom. The number of nitrogens with one attached hydrogen (secondary N) is 1. The van der Waals surface area contributed by atoms with Gasteiger partial charge in [-0.3, -0.25) is 0 Å². The lowest BCUT2D eigenvalue weighted by molar-refractivity contribution is 0.676. The third-order valence-electron chi connectivity index (χ3n) is 11.2. The average molecular weight is 644 g/mol. The van der Waals surface area contributed by atoms with E-state index in [0.29, 0.717) is 0 Å². The molecular weight excluding hydrogens is 607 g/mol.